The lowest BCUT2D eigenvalue weighted by Gasteiger charge is -2.10. The number of nitrogens with one attached hydrogen (secondary N) is 2. The van der Waals surface area contributed by atoms with Crippen molar-refractivity contribution in [2.75, 3.05) is 6.61 Å². The first kappa shape index (κ1) is 19.6. The largest absolute Gasteiger partial charge is 0.484 e. The lowest BCUT2D eigenvalue weighted by molar-refractivity contribution is -0.123. The Morgan fingerprint density at radius 2 is 1.71 bits per heavy atom. The van der Waals surface area contributed by atoms with Crippen LogP contribution in [-0.2, 0) is 4.79 Å². The van der Waals surface area contributed by atoms with E-state index in [1.807, 2.05) is 60.7 Å². The van der Waals surface area contributed by atoms with Gasteiger partial charge in [-0.25, -0.2) is 0 Å². The summed E-state index contributed by atoms with van der Waals surface area (Å²) in [5, 5.41) is 0. The van der Waals surface area contributed by atoms with Crippen molar-refractivity contribution in [1.29, 1.82) is 0 Å². The minimum Gasteiger partial charge on any atom is -0.484 e. The number of carbonyl (C=O) groups excluding carboxylic acids is 1. The van der Waals surface area contributed by atoms with E-state index in [9.17, 15) is 4.79 Å². The molecule has 0 saturated heterocycles. The molecule has 1 aromatic heterocycles. The van der Waals surface area contributed by atoms with Crippen LogP contribution in [0.25, 0.3) is 11.3 Å². The maximum Gasteiger partial charge on any atom is 0.276 e. The van der Waals surface area contributed by atoms with Crippen LogP contribution in [0.2, 0.25) is 0 Å². The van der Waals surface area contributed by atoms with Gasteiger partial charge in [0.1, 0.15) is 11.5 Å². The van der Waals surface area contributed by atoms with E-state index in [4.69, 9.17) is 21.4 Å². The van der Waals surface area contributed by atoms with Crippen molar-refractivity contribution in [3.8, 4) is 17.1 Å². The molecular formula is C22H22N2O3S. The topological polar surface area (TPSA) is 63.5 Å². The van der Waals surface area contributed by atoms with Crippen molar-refractivity contribution in [3.63, 3.8) is 0 Å². The quantitative estimate of drug-likeness (QED) is 0.478. The van der Waals surface area contributed by atoms with Crippen LogP contribution in [0.5, 0.6) is 5.75 Å². The number of furan rings is 1. The number of hydrazine groups is 1. The fourth-order valence-corrected chi connectivity index (χ4v) is 2.70. The molecule has 0 spiro atoms. The molecule has 0 unspecified atom stereocenters. The zero-order chi connectivity index (χ0) is 19.9. The van der Waals surface area contributed by atoms with Gasteiger partial charge in [0.15, 0.2) is 17.4 Å². The number of amides is 1. The van der Waals surface area contributed by atoms with E-state index in [2.05, 4.69) is 24.7 Å². The zero-order valence-corrected chi connectivity index (χ0v) is 16.6. The van der Waals surface area contributed by atoms with E-state index in [0.717, 1.165) is 5.56 Å². The van der Waals surface area contributed by atoms with Gasteiger partial charge in [0.05, 0.1) is 0 Å². The van der Waals surface area contributed by atoms with E-state index in [0.29, 0.717) is 23.2 Å². The Bertz CT molecular complexity index is 934. The molecule has 1 heterocycles. The van der Waals surface area contributed by atoms with Crippen LogP contribution in [0.4, 0.5) is 0 Å². The second-order valence-electron chi connectivity index (χ2n) is 6.54. The van der Waals surface area contributed by atoms with Gasteiger partial charge in [-0.3, -0.25) is 15.6 Å². The molecule has 0 atom stereocenters. The van der Waals surface area contributed by atoms with Crippen molar-refractivity contribution in [1.82, 2.24) is 10.9 Å². The highest BCUT2D eigenvalue weighted by Crippen LogP contribution is 2.22. The van der Waals surface area contributed by atoms with Gasteiger partial charge in [0.2, 0.25) is 0 Å². The predicted octanol–water partition coefficient (Wildman–Crippen LogP) is 4.45. The highest BCUT2D eigenvalue weighted by molar-refractivity contribution is 7.80. The Morgan fingerprint density at radius 3 is 2.39 bits per heavy atom. The van der Waals surface area contributed by atoms with E-state index in [1.54, 1.807) is 6.07 Å². The number of carbonyl (C=O) groups is 1. The monoisotopic (exact) mass is 394 g/mol. The first-order chi connectivity index (χ1) is 13.5. The van der Waals surface area contributed by atoms with Crippen LogP contribution in [-0.4, -0.2) is 17.5 Å². The Balaban J connectivity index is 1.46. The van der Waals surface area contributed by atoms with Crippen LogP contribution in [0.3, 0.4) is 0 Å². The SMILES string of the molecule is CC(C)c1ccc(OCC(=O)NNC(=S)c2ccc(-c3ccccc3)o2)cc1. The maximum atomic E-state index is 12.0. The summed E-state index contributed by atoms with van der Waals surface area (Å²) in [6.07, 6.45) is 0. The summed E-state index contributed by atoms with van der Waals surface area (Å²) in [5.41, 5.74) is 7.37. The molecule has 0 fully saturated rings. The minimum atomic E-state index is -0.342. The van der Waals surface area contributed by atoms with Crippen LogP contribution >= 0.6 is 12.2 Å². The van der Waals surface area contributed by atoms with Gasteiger partial charge in [-0.15, -0.1) is 0 Å². The fraction of sp³-hybridized carbons (Fsp3) is 0.182. The Morgan fingerprint density at radius 1 is 1.00 bits per heavy atom. The third kappa shape index (κ3) is 5.20. The van der Waals surface area contributed by atoms with E-state index < -0.39 is 0 Å². The summed E-state index contributed by atoms with van der Waals surface area (Å²) in [5.74, 6) is 1.93. The van der Waals surface area contributed by atoms with Crippen LogP contribution in [0, 0.1) is 0 Å². The lowest BCUT2D eigenvalue weighted by atomic mass is 10.0. The molecule has 144 valence electrons. The highest BCUT2D eigenvalue weighted by atomic mass is 32.1. The highest BCUT2D eigenvalue weighted by Gasteiger charge is 2.10. The maximum absolute atomic E-state index is 12.0. The van der Waals surface area contributed by atoms with E-state index in [1.165, 1.54) is 5.56 Å². The summed E-state index contributed by atoms with van der Waals surface area (Å²) >= 11 is 5.26. The molecule has 3 aromatic rings. The molecule has 28 heavy (non-hydrogen) atoms. The molecule has 1 amide bonds. The van der Waals surface area contributed by atoms with Crippen molar-refractivity contribution in [2.45, 2.75) is 19.8 Å². The van der Waals surface area contributed by atoms with Crippen LogP contribution in [0.15, 0.2) is 71.1 Å². The van der Waals surface area contributed by atoms with Crippen molar-refractivity contribution in [3.05, 3.63) is 78.1 Å². The van der Waals surface area contributed by atoms with Gasteiger partial charge in [-0.1, -0.05) is 68.5 Å². The first-order valence-corrected chi connectivity index (χ1v) is 9.41. The van der Waals surface area contributed by atoms with Gasteiger partial charge in [-0.05, 0) is 35.7 Å². The zero-order valence-electron chi connectivity index (χ0n) is 15.8. The van der Waals surface area contributed by atoms with E-state index in [-0.39, 0.29) is 17.5 Å². The lowest BCUT2D eigenvalue weighted by Crippen LogP contribution is -2.43. The molecule has 5 nitrogen and oxygen atoms in total. The van der Waals surface area contributed by atoms with Crippen LogP contribution in [0.1, 0.15) is 31.1 Å². The summed E-state index contributed by atoms with van der Waals surface area (Å²) in [7, 11) is 0. The van der Waals surface area contributed by atoms with Gasteiger partial charge in [-0.2, -0.15) is 0 Å². The number of benzene rings is 2. The second-order valence-corrected chi connectivity index (χ2v) is 6.95. The van der Waals surface area contributed by atoms with Crippen molar-refractivity contribution in [2.24, 2.45) is 0 Å². The fourth-order valence-electron chi connectivity index (χ4n) is 2.54. The molecule has 3 rings (SSSR count). The number of hydrogen-bond acceptors (Lipinski definition) is 4. The van der Waals surface area contributed by atoms with Gasteiger partial charge < -0.3 is 9.15 Å². The van der Waals surface area contributed by atoms with Gasteiger partial charge >= 0.3 is 0 Å². The summed E-state index contributed by atoms with van der Waals surface area (Å²) < 4.78 is 11.2. The number of hydrogen-bond donors (Lipinski definition) is 2. The van der Waals surface area contributed by atoms with Gasteiger partial charge in [0, 0.05) is 5.56 Å². The summed E-state index contributed by atoms with van der Waals surface area (Å²) in [4.78, 5) is 12.3. The molecule has 0 aliphatic heterocycles. The Labute approximate surface area is 169 Å². The average molecular weight is 394 g/mol. The van der Waals surface area contributed by atoms with E-state index >= 15 is 0 Å². The summed E-state index contributed by atoms with van der Waals surface area (Å²) in [6, 6.07) is 21.0. The molecule has 0 radical (unpaired) electrons. The van der Waals surface area contributed by atoms with Crippen LogP contribution < -0.4 is 15.6 Å². The molecule has 2 N–H and O–H groups in total. The van der Waals surface area contributed by atoms with Crippen molar-refractivity contribution < 1.29 is 13.9 Å². The third-order valence-electron chi connectivity index (χ3n) is 4.12. The predicted molar refractivity (Wildman–Crippen MR) is 113 cm³/mol. The molecule has 0 saturated carbocycles. The minimum absolute atomic E-state index is 0.121. The first-order valence-electron chi connectivity index (χ1n) is 9.00. The molecule has 6 heteroatoms. The molecule has 0 aliphatic carbocycles. The van der Waals surface area contributed by atoms with Crippen molar-refractivity contribution >= 4 is 23.1 Å². The molecule has 0 aliphatic rings. The average Bonchev–Trinajstić information content (AvgIpc) is 3.22. The smallest absolute Gasteiger partial charge is 0.276 e. The second kappa shape index (κ2) is 9.19. The number of thiocarbonyl (C=S) groups is 1. The third-order valence-corrected chi connectivity index (χ3v) is 4.42. The normalized spacial score (nSPS) is 10.5. The molecular weight excluding hydrogens is 372 g/mol. The Kier molecular flexibility index (Phi) is 6.45. The Hall–Kier alpha value is -3.12. The van der Waals surface area contributed by atoms with Gasteiger partial charge in [0.25, 0.3) is 5.91 Å². The number of rotatable bonds is 6. The standard InChI is InChI=1S/C22H22N2O3S/c1-15(2)16-8-10-18(11-9-16)26-14-21(25)23-24-22(28)20-13-12-19(27-20)17-6-4-3-5-7-17/h3-13,15H,14H2,1-2H3,(H,23,25)(H,24,28). The molecule has 0 bridgehead atoms. The summed E-state index contributed by atoms with van der Waals surface area (Å²) in [6.45, 7) is 4.13. The number of ether oxygens (including phenoxy) is 1. The molecule has 2 aromatic carbocycles.